The number of hydrogen-bond donors (Lipinski definition) is 2. The van der Waals surface area contributed by atoms with Gasteiger partial charge in [0, 0.05) is 18.0 Å². The lowest BCUT2D eigenvalue weighted by Crippen LogP contribution is -2.11. The van der Waals surface area contributed by atoms with E-state index in [-0.39, 0.29) is 0 Å². The van der Waals surface area contributed by atoms with Crippen molar-refractivity contribution in [2.24, 2.45) is 5.92 Å². The Balaban J connectivity index is 2.38. The van der Waals surface area contributed by atoms with Crippen molar-refractivity contribution in [3.63, 3.8) is 0 Å². The summed E-state index contributed by atoms with van der Waals surface area (Å²) in [5, 5.41) is 3.42. The van der Waals surface area contributed by atoms with E-state index < -0.39 is 0 Å². The van der Waals surface area contributed by atoms with Crippen LogP contribution >= 0.6 is 0 Å². The van der Waals surface area contributed by atoms with Crippen LogP contribution in [0.25, 0.3) is 0 Å². The molecular formula is C17H32N4. The third-order valence-electron chi connectivity index (χ3n) is 3.72. The maximum absolute atomic E-state index is 5.97. The van der Waals surface area contributed by atoms with E-state index in [2.05, 4.69) is 43.0 Å². The molecule has 0 aliphatic rings. The van der Waals surface area contributed by atoms with Crippen molar-refractivity contribution < 1.29 is 0 Å². The number of nitrogen functional groups attached to an aromatic ring is 1. The van der Waals surface area contributed by atoms with E-state index in [4.69, 9.17) is 5.73 Å². The van der Waals surface area contributed by atoms with Crippen molar-refractivity contribution in [3.05, 3.63) is 11.4 Å². The van der Waals surface area contributed by atoms with E-state index in [1.807, 2.05) is 6.92 Å². The summed E-state index contributed by atoms with van der Waals surface area (Å²) in [5.74, 6) is 3.42. The number of aromatic nitrogens is 2. The molecule has 4 heteroatoms. The van der Waals surface area contributed by atoms with E-state index in [0.29, 0.717) is 11.7 Å². The van der Waals surface area contributed by atoms with Gasteiger partial charge in [-0.05, 0) is 19.3 Å². The lowest BCUT2D eigenvalue weighted by atomic mass is 10.0. The molecule has 0 saturated carbocycles. The molecule has 1 aromatic heterocycles. The first-order valence-corrected chi connectivity index (χ1v) is 8.29. The normalized spacial score (nSPS) is 11.4. The molecule has 3 N–H and O–H groups in total. The summed E-state index contributed by atoms with van der Waals surface area (Å²) < 4.78 is 0. The Kier molecular flexibility index (Phi) is 7.48. The molecule has 1 aromatic rings. The van der Waals surface area contributed by atoms with E-state index in [9.17, 15) is 0 Å². The van der Waals surface area contributed by atoms with Gasteiger partial charge in [-0.25, -0.2) is 9.97 Å². The van der Waals surface area contributed by atoms with Crippen LogP contribution in [-0.2, 0) is 0 Å². The van der Waals surface area contributed by atoms with E-state index in [1.54, 1.807) is 0 Å². The number of unbranched alkanes of at least 4 members (excludes halogenated alkanes) is 3. The van der Waals surface area contributed by atoms with Gasteiger partial charge in [-0.15, -0.1) is 0 Å². The minimum Gasteiger partial charge on any atom is -0.383 e. The highest BCUT2D eigenvalue weighted by atomic mass is 15.1. The van der Waals surface area contributed by atoms with E-state index in [1.165, 1.54) is 32.1 Å². The van der Waals surface area contributed by atoms with Crippen LogP contribution in [0.15, 0.2) is 0 Å². The van der Waals surface area contributed by atoms with Crippen LogP contribution in [0, 0.1) is 12.8 Å². The van der Waals surface area contributed by atoms with Gasteiger partial charge < -0.3 is 11.1 Å². The minimum absolute atomic E-state index is 0.296. The Bertz CT molecular complexity index is 427. The molecule has 0 atom stereocenters. The van der Waals surface area contributed by atoms with Gasteiger partial charge in [-0.2, -0.15) is 0 Å². The molecule has 1 heterocycles. The third-order valence-corrected chi connectivity index (χ3v) is 3.72. The molecule has 0 spiro atoms. The molecule has 0 aliphatic heterocycles. The molecule has 0 saturated heterocycles. The summed E-state index contributed by atoms with van der Waals surface area (Å²) in [5.41, 5.74) is 6.92. The Labute approximate surface area is 130 Å². The number of nitrogens with zero attached hydrogens (tertiary/aromatic N) is 2. The molecule has 4 nitrogen and oxygen atoms in total. The van der Waals surface area contributed by atoms with Crippen molar-refractivity contribution in [3.8, 4) is 0 Å². The van der Waals surface area contributed by atoms with Crippen LogP contribution in [0.5, 0.6) is 0 Å². The summed E-state index contributed by atoms with van der Waals surface area (Å²) in [6.07, 6.45) is 6.46. The standard InChI is InChI=1S/C17H32N4/c1-12(2)10-8-6-7-9-11-19-17-14(5)15(18)20-16(21-17)13(3)4/h12-13H,6-11H2,1-5H3,(H3,18,19,20,21). The van der Waals surface area contributed by atoms with Crippen molar-refractivity contribution >= 4 is 11.6 Å². The zero-order chi connectivity index (χ0) is 15.8. The van der Waals surface area contributed by atoms with Crippen molar-refractivity contribution in [1.29, 1.82) is 0 Å². The van der Waals surface area contributed by atoms with Crippen molar-refractivity contribution in [2.75, 3.05) is 17.6 Å². The quantitative estimate of drug-likeness (QED) is 0.657. The lowest BCUT2D eigenvalue weighted by molar-refractivity contribution is 0.523. The SMILES string of the molecule is Cc1c(N)nc(C(C)C)nc1NCCCCCCC(C)C. The lowest BCUT2D eigenvalue weighted by Gasteiger charge is -2.13. The van der Waals surface area contributed by atoms with Gasteiger partial charge in [0.25, 0.3) is 0 Å². The van der Waals surface area contributed by atoms with Gasteiger partial charge >= 0.3 is 0 Å². The second-order valence-electron chi connectivity index (χ2n) is 6.62. The topological polar surface area (TPSA) is 63.8 Å². The fourth-order valence-corrected chi connectivity index (χ4v) is 2.22. The Hall–Kier alpha value is -1.32. The first kappa shape index (κ1) is 17.7. The minimum atomic E-state index is 0.296. The third kappa shape index (κ3) is 6.32. The fraction of sp³-hybridized carbons (Fsp3) is 0.765. The highest BCUT2D eigenvalue weighted by molar-refractivity contribution is 5.54. The molecule has 0 radical (unpaired) electrons. The summed E-state index contributed by atoms with van der Waals surface area (Å²) >= 11 is 0. The summed E-state index contributed by atoms with van der Waals surface area (Å²) in [6.45, 7) is 11.7. The van der Waals surface area contributed by atoms with Gasteiger partial charge in [0.1, 0.15) is 17.5 Å². The molecule has 0 fully saturated rings. The maximum atomic E-state index is 5.97. The number of rotatable bonds is 9. The fourth-order valence-electron chi connectivity index (χ4n) is 2.22. The average molecular weight is 292 g/mol. The average Bonchev–Trinajstić information content (AvgIpc) is 2.41. The smallest absolute Gasteiger partial charge is 0.135 e. The van der Waals surface area contributed by atoms with Gasteiger partial charge in [0.15, 0.2) is 0 Å². The molecule has 120 valence electrons. The van der Waals surface area contributed by atoms with Crippen LogP contribution in [-0.4, -0.2) is 16.5 Å². The maximum Gasteiger partial charge on any atom is 0.135 e. The van der Waals surface area contributed by atoms with Gasteiger partial charge in [-0.1, -0.05) is 53.4 Å². The molecular weight excluding hydrogens is 260 g/mol. The molecule has 0 aliphatic carbocycles. The first-order valence-electron chi connectivity index (χ1n) is 8.29. The summed E-state index contributed by atoms with van der Waals surface area (Å²) in [7, 11) is 0. The van der Waals surface area contributed by atoms with Crippen LogP contribution in [0.3, 0.4) is 0 Å². The molecule has 0 unspecified atom stereocenters. The monoisotopic (exact) mass is 292 g/mol. The van der Waals surface area contributed by atoms with Gasteiger partial charge in [0.2, 0.25) is 0 Å². The first-order chi connectivity index (χ1) is 9.91. The van der Waals surface area contributed by atoms with Gasteiger partial charge in [0.05, 0.1) is 0 Å². The Morgan fingerprint density at radius 3 is 2.29 bits per heavy atom. The zero-order valence-corrected chi connectivity index (χ0v) is 14.4. The second-order valence-corrected chi connectivity index (χ2v) is 6.62. The summed E-state index contributed by atoms with van der Waals surface area (Å²) in [4.78, 5) is 8.93. The molecule has 0 bridgehead atoms. The molecule has 0 aromatic carbocycles. The molecule has 1 rings (SSSR count). The van der Waals surface area contributed by atoms with Crippen molar-refractivity contribution in [2.45, 2.75) is 72.6 Å². The number of nitrogens with two attached hydrogens (primary N) is 1. The number of anilines is 2. The molecule has 0 amide bonds. The predicted octanol–water partition coefficient (Wildman–Crippen LogP) is 4.51. The van der Waals surface area contributed by atoms with Crippen molar-refractivity contribution in [1.82, 2.24) is 9.97 Å². The summed E-state index contributed by atoms with van der Waals surface area (Å²) in [6, 6.07) is 0. The predicted molar refractivity (Wildman–Crippen MR) is 91.7 cm³/mol. The van der Waals surface area contributed by atoms with E-state index >= 15 is 0 Å². The largest absolute Gasteiger partial charge is 0.383 e. The number of hydrogen-bond acceptors (Lipinski definition) is 4. The highest BCUT2D eigenvalue weighted by Crippen LogP contribution is 2.21. The van der Waals surface area contributed by atoms with Crippen LogP contribution in [0.4, 0.5) is 11.6 Å². The molecule has 21 heavy (non-hydrogen) atoms. The van der Waals surface area contributed by atoms with Crippen LogP contribution in [0.1, 0.15) is 77.1 Å². The van der Waals surface area contributed by atoms with Crippen LogP contribution in [0.2, 0.25) is 0 Å². The second kappa shape index (κ2) is 8.85. The van der Waals surface area contributed by atoms with E-state index in [0.717, 1.165) is 29.7 Å². The van der Waals surface area contributed by atoms with Gasteiger partial charge in [-0.3, -0.25) is 0 Å². The van der Waals surface area contributed by atoms with Crippen LogP contribution < -0.4 is 11.1 Å². The highest BCUT2D eigenvalue weighted by Gasteiger charge is 2.10. The Morgan fingerprint density at radius 2 is 1.67 bits per heavy atom. The number of nitrogens with one attached hydrogen (secondary N) is 1. The zero-order valence-electron chi connectivity index (χ0n) is 14.4. The Morgan fingerprint density at radius 1 is 1.00 bits per heavy atom.